The Morgan fingerprint density at radius 3 is 1.54 bits per heavy atom. The number of hydrogen-bond donors (Lipinski definition) is 0. The van der Waals surface area contributed by atoms with Gasteiger partial charge in [0, 0.05) is 61.6 Å². The van der Waals surface area contributed by atoms with Crippen molar-refractivity contribution in [3.05, 3.63) is 103 Å². The van der Waals surface area contributed by atoms with Gasteiger partial charge in [0.15, 0.2) is 17.5 Å². The summed E-state index contributed by atoms with van der Waals surface area (Å²) in [6.45, 7) is 7.72. The Morgan fingerprint density at radius 2 is 1.08 bits per heavy atom. The Morgan fingerprint density at radius 1 is 0.590 bits per heavy atom. The Bertz CT molecular complexity index is 1480. The molecular formula is C32H32BN4O2+2. The molecule has 0 unspecified atom stereocenters. The molecule has 193 valence electrons. The number of hydrogen-bond acceptors (Lipinski definition) is 4. The molecule has 0 saturated carbocycles. The summed E-state index contributed by atoms with van der Waals surface area (Å²) in [5, 5.41) is 8.30. The zero-order valence-corrected chi connectivity index (χ0v) is 22.6. The van der Waals surface area contributed by atoms with Gasteiger partial charge in [-0.15, -0.1) is 0 Å². The van der Waals surface area contributed by atoms with Crippen molar-refractivity contribution in [3.63, 3.8) is 0 Å². The average Bonchev–Trinajstić information content (AvgIpc) is 2.97. The van der Waals surface area contributed by atoms with Crippen molar-refractivity contribution < 1.29 is 9.76 Å². The standard InChI is InChI=1S/C32H31BN4O2/c1-31(2,38)32(3,4)39-33-26-18-15-22(16-19-26)27-20-17-25(21-34-27)30-36-28(23-11-7-5-8-12-23)35-29(37-30)24-13-9-6-10-14-24/h5-21,38-39H,1-4H3/q+1/p+1. The fourth-order valence-corrected chi connectivity index (χ4v) is 3.77. The summed E-state index contributed by atoms with van der Waals surface area (Å²) in [4.78, 5) is 19.0. The quantitative estimate of drug-likeness (QED) is 0.215. The van der Waals surface area contributed by atoms with E-state index in [4.69, 9.17) is 25.0 Å². The highest BCUT2D eigenvalue weighted by Gasteiger charge is 2.45. The summed E-state index contributed by atoms with van der Waals surface area (Å²) < 4.78 is 4.66. The number of benzene rings is 3. The highest BCUT2D eigenvalue weighted by atomic mass is 16.5. The lowest BCUT2D eigenvalue weighted by Gasteiger charge is -2.30. The normalized spacial score (nSPS) is 11.8. The molecule has 7 heteroatoms. The van der Waals surface area contributed by atoms with E-state index in [1.807, 2.05) is 138 Å². The van der Waals surface area contributed by atoms with Crippen molar-refractivity contribution in [1.29, 1.82) is 0 Å². The van der Waals surface area contributed by atoms with Crippen LogP contribution in [0.2, 0.25) is 0 Å². The Balaban J connectivity index is 1.39. The third-order valence-electron chi connectivity index (χ3n) is 6.99. The maximum absolute atomic E-state index is 8.30. The Labute approximate surface area is 230 Å². The predicted octanol–water partition coefficient (Wildman–Crippen LogP) is 4.99. The molecule has 3 aromatic carbocycles. The fourth-order valence-electron chi connectivity index (χ4n) is 3.77. The molecule has 0 aliphatic carbocycles. The van der Waals surface area contributed by atoms with Crippen LogP contribution < -0.4 is 5.46 Å². The summed E-state index contributed by atoms with van der Waals surface area (Å²) in [7, 11) is 1.84. The molecule has 5 aromatic rings. The van der Waals surface area contributed by atoms with Crippen molar-refractivity contribution in [3.8, 4) is 45.4 Å². The lowest BCUT2D eigenvalue weighted by Crippen LogP contribution is -2.51. The lowest BCUT2D eigenvalue weighted by atomic mass is 9.82. The maximum atomic E-state index is 8.30. The maximum Gasteiger partial charge on any atom is 0.624 e. The van der Waals surface area contributed by atoms with Crippen LogP contribution in [0.5, 0.6) is 0 Å². The van der Waals surface area contributed by atoms with Crippen LogP contribution in [0.25, 0.3) is 45.4 Å². The summed E-state index contributed by atoms with van der Waals surface area (Å²) in [5.41, 5.74) is 4.37. The molecule has 0 amide bonds. The summed E-state index contributed by atoms with van der Waals surface area (Å²) in [5.74, 6) is 1.82. The van der Waals surface area contributed by atoms with Crippen molar-refractivity contribution in [2.24, 2.45) is 0 Å². The lowest BCUT2D eigenvalue weighted by molar-refractivity contribution is -0.157. The van der Waals surface area contributed by atoms with E-state index in [0.717, 1.165) is 33.4 Å². The van der Waals surface area contributed by atoms with E-state index in [1.54, 1.807) is 0 Å². The highest BCUT2D eigenvalue weighted by Crippen LogP contribution is 2.26. The minimum Gasteiger partial charge on any atom is -0.526 e. The van der Waals surface area contributed by atoms with E-state index in [0.29, 0.717) is 17.5 Å². The molecule has 5 rings (SSSR count). The first kappa shape index (κ1) is 26.4. The summed E-state index contributed by atoms with van der Waals surface area (Å²) >= 11 is 0. The number of rotatable bonds is 8. The second-order valence-corrected chi connectivity index (χ2v) is 10.5. The van der Waals surface area contributed by atoms with Crippen LogP contribution in [-0.2, 0) is 0 Å². The van der Waals surface area contributed by atoms with Crippen molar-refractivity contribution in [2.45, 2.75) is 38.9 Å². The molecule has 0 aliphatic heterocycles. The van der Waals surface area contributed by atoms with E-state index in [9.17, 15) is 0 Å². The van der Waals surface area contributed by atoms with Crippen LogP contribution in [0, 0.1) is 0 Å². The van der Waals surface area contributed by atoms with Gasteiger partial charge in [0.05, 0.1) is 5.69 Å². The van der Waals surface area contributed by atoms with Gasteiger partial charge in [-0.1, -0.05) is 84.9 Å². The molecule has 1 radical (unpaired) electrons. The van der Waals surface area contributed by atoms with Crippen molar-refractivity contribution in [1.82, 2.24) is 19.9 Å². The first-order valence-electron chi connectivity index (χ1n) is 12.9. The van der Waals surface area contributed by atoms with Gasteiger partial charge in [-0.3, -0.25) is 4.98 Å². The molecule has 6 nitrogen and oxygen atoms in total. The number of pyridine rings is 1. The molecule has 0 atom stereocenters. The topological polar surface area (TPSA) is 87.3 Å². The molecule has 39 heavy (non-hydrogen) atoms. The van der Waals surface area contributed by atoms with E-state index < -0.39 is 11.2 Å². The first-order valence-corrected chi connectivity index (χ1v) is 12.9. The Kier molecular flexibility index (Phi) is 7.37. The van der Waals surface area contributed by atoms with Gasteiger partial charge in [0.25, 0.3) is 0 Å². The smallest absolute Gasteiger partial charge is 0.526 e. The van der Waals surface area contributed by atoms with Crippen LogP contribution >= 0.6 is 0 Å². The van der Waals surface area contributed by atoms with Crippen molar-refractivity contribution in [2.75, 3.05) is 0 Å². The van der Waals surface area contributed by atoms with Gasteiger partial charge in [-0.2, -0.15) is 0 Å². The second-order valence-electron chi connectivity index (χ2n) is 10.5. The predicted molar refractivity (Wildman–Crippen MR) is 159 cm³/mol. The van der Waals surface area contributed by atoms with Gasteiger partial charge >= 0.3 is 7.48 Å². The van der Waals surface area contributed by atoms with Crippen LogP contribution in [0.3, 0.4) is 0 Å². The zero-order chi connectivity index (χ0) is 27.5. The average molecular weight is 515 g/mol. The minimum absolute atomic E-state index is 0.487. The molecule has 0 bridgehead atoms. The summed E-state index contributed by atoms with van der Waals surface area (Å²) in [6, 6.07) is 31.9. The van der Waals surface area contributed by atoms with Gasteiger partial charge in [0.1, 0.15) is 0 Å². The van der Waals surface area contributed by atoms with Crippen LogP contribution in [0.15, 0.2) is 103 Å². The SMILES string of the molecule is CC(C)([OH2+])C(C)(C)[OH+][B]c1ccc(-c2ccc(-c3nc(-c4ccccc4)nc(-c4ccccc4)n3)cn2)cc1. The van der Waals surface area contributed by atoms with E-state index in [2.05, 4.69) is 4.65 Å². The van der Waals surface area contributed by atoms with Crippen molar-refractivity contribution >= 4 is 12.9 Å². The second kappa shape index (κ2) is 10.9. The summed E-state index contributed by atoms with van der Waals surface area (Å²) in [6.07, 6.45) is 1.81. The van der Waals surface area contributed by atoms with E-state index in [-0.39, 0.29) is 0 Å². The van der Waals surface area contributed by atoms with Gasteiger partial charge in [-0.25, -0.2) is 15.0 Å². The van der Waals surface area contributed by atoms with Gasteiger partial charge < -0.3 is 9.76 Å². The number of nitrogens with zero attached hydrogens (tertiary/aromatic N) is 4. The molecular weight excluding hydrogens is 483 g/mol. The molecule has 2 aromatic heterocycles. The molecule has 0 aliphatic rings. The van der Waals surface area contributed by atoms with Crippen LogP contribution in [-0.4, -0.2) is 48.4 Å². The number of aliphatic hydroxyl groups is 1. The molecule has 0 saturated heterocycles. The van der Waals surface area contributed by atoms with Crippen LogP contribution in [0.1, 0.15) is 27.7 Å². The monoisotopic (exact) mass is 515 g/mol. The van der Waals surface area contributed by atoms with Gasteiger partial charge in [-0.05, 0) is 12.1 Å². The molecule has 3 N–H and O–H groups in total. The zero-order valence-electron chi connectivity index (χ0n) is 22.6. The van der Waals surface area contributed by atoms with E-state index >= 15 is 0 Å². The molecule has 2 heterocycles. The van der Waals surface area contributed by atoms with Gasteiger partial charge in [0.2, 0.25) is 11.2 Å². The highest BCUT2D eigenvalue weighted by molar-refractivity contribution is 6.46. The molecule has 0 spiro atoms. The third-order valence-corrected chi connectivity index (χ3v) is 6.99. The molecule has 0 fully saturated rings. The first-order chi connectivity index (χ1) is 18.7. The van der Waals surface area contributed by atoms with Crippen LogP contribution in [0.4, 0.5) is 0 Å². The largest absolute Gasteiger partial charge is 0.624 e. The third kappa shape index (κ3) is 6.11. The minimum atomic E-state index is -0.669. The number of aromatic nitrogens is 4. The van der Waals surface area contributed by atoms with E-state index in [1.165, 1.54) is 0 Å². The fraction of sp³-hybridized carbons (Fsp3) is 0.188. The Hall–Kier alpha value is -4.20.